The van der Waals surface area contributed by atoms with Crippen molar-refractivity contribution in [1.82, 2.24) is 4.90 Å². The van der Waals surface area contributed by atoms with Crippen LogP contribution in [0.1, 0.15) is 6.92 Å². The van der Waals surface area contributed by atoms with E-state index >= 15 is 0 Å². The molecular weight excluding hydrogens is 158 g/mol. The van der Waals surface area contributed by atoms with Gasteiger partial charge in [-0.3, -0.25) is 9.69 Å². The second-order valence-corrected chi connectivity index (χ2v) is 2.53. The van der Waals surface area contributed by atoms with E-state index in [1.165, 1.54) is 20.0 Å². The minimum absolute atomic E-state index is 0.447. The summed E-state index contributed by atoms with van der Waals surface area (Å²) in [5, 5.41) is 0. The molecule has 4 nitrogen and oxygen atoms in total. The number of hydrogen-bond acceptors (Lipinski definition) is 4. The summed E-state index contributed by atoms with van der Waals surface area (Å²) in [6, 6.07) is 0. The van der Waals surface area contributed by atoms with Crippen LogP contribution in [0.2, 0.25) is 0 Å². The van der Waals surface area contributed by atoms with Crippen molar-refractivity contribution in [2.75, 3.05) is 19.7 Å². The lowest BCUT2D eigenvalue weighted by Crippen LogP contribution is -1.96. The van der Waals surface area contributed by atoms with Crippen LogP contribution in [0.5, 0.6) is 0 Å². The molecule has 2 unspecified atom stereocenters. The molecule has 0 N–H and O–H groups in total. The number of morpholine rings is 1. The molecule has 2 heterocycles. The first-order valence-electron chi connectivity index (χ1n) is 3.72. The molecule has 2 aliphatic heterocycles. The molecule has 0 aliphatic carbocycles. The van der Waals surface area contributed by atoms with Crippen LogP contribution in [0.4, 0.5) is 0 Å². The van der Waals surface area contributed by atoms with E-state index in [9.17, 15) is 4.79 Å². The number of fused-ring (bicyclic) bond motifs is 1. The summed E-state index contributed by atoms with van der Waals surface area (Å²) < 4.78 is 9.08. The fourth-order valence-electron chi connectivity index (χ4n) is 0.936. The molecule has 0 bridgehead atoms. The number of hydrogen-bond donors (Lipinski definition) is 0. The van der Waals surface area contributed by atoms with Gasteiger partial charge >= 0.3 is 5.97 Å². The highest BCUT2D eigenvalue weighted by atomic mass is 16.5. The molecule has 2 fully saturated rings. The zero-order chi connectivity index (χ0) is 8.97. The minimum Gasteiger partial charge on any atom is -0.373 e. The van der Waals surface area contributed by atoms with Crippen molar-refractivity contribution < 1.29 is 14.3 Å². The lowest BCUT2D eigenvalue weighted by atomic mass is 10.7. The number of nitrogens with zero attached hydrogens (tertiary/aromatic N) is 1. The van der Waals surface area contributed by atoms with Gasteiger partial charge in [-0.2, -0.15) is 0 Å². The molecule has 0 radical (unpaired) electrons. The maximum Gasteiger partial charge on any atom is 0.316 e. The van der Waals surface area contributed by atoms with Crippen LogP contribution in [0.15, 0.2) is 0 Å². The number of ether oxygens (including phenoxy) is 2. The predicted octanol–water partition coefficient (Wildman–Crippen LogP) is -0.202. The molecule has 0 amide bonds. The van der Waals surface area contributed by atoms with E-state index in [4.69, 9.17) is 4.74 Å². The SMILES string of the molecule is C#COC(C)=O.C1CN2CC2O1. The molecule has 2 saturated heterocycles. The zero-order valence-corrected chi connectivity index (χ0v) is 6.95. The number of carbonyl (C=O) groups is 1. The Morgan fingerprint density at radius 3 is 2.67 bits per heavy atom. The number of terminal acetylenes is 1. The van der Waals surface area contributed by atoms with Gasteiger partial charge in [0.2, 0.25) is 0 Å². The summed E-state index contributed by atoms with van der Waals surface area (Å²) in [6.45, 7) is 4.58. The summed E-state index contributed by atoms with van der Waals surface area (Å²) in [6.07, 6.45) is 6.80. The van der Waals surface area contributed by atoms with Gasteiger partial charge in [0.25, 0.3) is 0 Å². The van der Waals surface area contributed by atoms with E-state index in [0.29, 0.717) is 6.23 Å². The normalized spacial score (nSPS) is 29.0. The van der Waals surface area contributed by atoms with Crippen molar-refractivity contribution in [2.45, 2.75) is 13.2 Å². The van der Waals surface area contributed by atoms with Gasteiger partial charge in [-0.25, -0.2) is 0 Å². The lowest BCUT2D eigenvalue weighted by Gasteiger charge is -1.83. The van der Waals surface area contributed by atoms with Crippen molar-refractivity contribution in [3.8, 4) is 12.5 Å². The Morgan fingerprint density at radius 1 is 1.83 bits per heavy atom. The smallest absolute Gasteiger partial charge is 0.316 e. The fourth-order valence-corrected chi connectivity index (χ4v) is 0.936. The standard InChI is InChI=1S/C4H7NO.C4H4O2/c1-2-6-4-3-5(1)4;1-3-6-4(2)5/h4H,1-3H2;1H,2H3. The molecule has 0 saturated carbocycles. The molecule has 4 heteroatoms. The van der Waals surface area contributed by atoms with Gasteiger partial charge in [0, 0.05) is 20.0 Å². The molecule has 12 heavy (non-hydrogen) atoms. The number of carbonyl (C=O) groups excluding carboxylic acids is 1. The Hall–Kier alpha value is -1.05. The third-order valence-corrected chi connectivity index (χ3v) is 1.56. The van der Waals surface area contributed by atoms with Gasteiger partial charge in [-0.15, -0.1) is 0 Å². The van der Waals surface area contributed by atoms with Gasteiger partial charge in [-0.1, -0.05) is 6.42 Å². The molecule has 2 atom stereocenters. The average molecular weight is 169 g/mol. The van der Waals surface area contributed by atoms with Gasteiger partial charge in [0.15, 0.2) is 0 Å². The second kappa shape index (κ2) is 4.10. The van der Waals surface area contributed by atoms with Crippen LogP contribution < -0.4 is 0 Å². The summed E-state index contributed by atoms with van der Waals surface area (Å²) in [7, 11) is 0. The van der Waals surface area contributed by atoms with Crippen LogP contribution in [0, 0.1) is 12.5 Å². The van der Waals surface area contributed by atoms with E-state index in [1.807, 2.05) is 0 Å². The van der Waals surface area contributed by atoms with E-state index in [1.54, 1.807) is 6.11 Å². The maximum absolute atomic E-state index is 9.68. The van der Waals surface area contributed by atoms with Crippen molar-refractivity contribution in [2.24, 2.45) is 0 Å². The van der Waals surface area contributed by atoms with Crippen molar-refractivity contribution in [3.63, 3.8) is 0 Å². The van der Waals surface area contributed by atoms with Crippen LogP contribution in [-0.2, 0) is 14.3 Å². The van der Waals surface area contributed by atoms with Crippen LogP contribution in [0.3, 0.4) is 0 Å². The molecular formula is C8H11NO3. The number of rotatable bonds is 0. The van der Waals surface area contributed by atoms with E-state index < -0.39 is 5.97 Å². The Labute approximate surface area is 71.4 Å². The van der Waals surface area contributed by atoms with Crippen LogP contribution >= 0.6 is 0 Å². The monoisotopic (exact) mass is 169 g/mol. The molecule has 0 aromatic heterocycles. The third kappa shape index (κ3) is 2.91. The molecule has 0 aromatic carbocycles. The Kier molecular flexibility index (Phi) is 3.09. The summed E-state index contributed by atoms with van der Waals surface area (Å²) in [5.41, 5.74) is 0. The first kappa shape index (κ1) is 9.04. The summed E-state index contributed by atoms with van der Waals surface area (Å²) in [4.78, 5) is 12.0. The average Bonchev–Trinajstić information content (AvgIpc) is 2.60. The minimum atomic E-state index is -0.447. The molecule has 0 aromatic rings. The predicted molar refractivity (Wildman–Crippen MR) is 41.9 cm³/mol. The second-order valence-electron chi connectivity index (χ2n) is 2.53. The molecule has 2 aliphatic rings. The molecule has 0 spiro atoms. The number of esters is 1. The van der Waals surface area contributed by atoms with E-state index in [0.717, 1.165) is 6.61 Å². The summed E-state index contributed by atoms with van der Waals surface area (Å²) in [5.74, 6) is -0.447. The first-order valence-corrected chi connectivity index (χ1v) is 3.72. The highest BCUT2D eigenvalue weighted by molar-refractivity contribution is 5.67. The van der Waals surface area contributed by atoms with Crippen LogP contribution in [-0.4, -0.2) is 36.8 Å². The fraction of sp³-hybridized carbons (Fsp3) is 0.625. The topological polar surface area (TPSA) is 38.5 Å². The van der Waals surface area contributed by atoms with Crippen molar-refractivity contribution in [3.05, 3.63) is 0 Å². The van der Waals surface area contributed by atoms with Gasteiger partial charge < -0.3 is 9.47 Å². The maximum atomic E-state index is 9.68. The van der Waals surface area contributed by atoms with Gasteiger partial charge in [0.1, 0.15) is 12.3 Å². The Morgan fingerprint density at radius 2 is 2.58 bits per heavy atom. The Bertz CT molecular complexity index is 201. The molecule has 66 valence electrons. The quantitative estimate of drug-likeness (QED) is 0.286. The summed E-state index contributed by atoms with van der Waals surface area (Å²) >= 11 is 0. The van der Waals surface area contributed by atoms with Gasteiger partial charge in [-0.05, 0) is 0 Å². The Balaban J connectivity index is 0.000000120. The first-order chi connectivity index (χ1) is 5.74. The van der Waals surface area contributed by atoms with Gasteiger partial charge in [0.05, 0.1) is 6.61 Å². The molecule has 2 rings (SSSR count). The van der Waals surface area contributed by atoms with Crippen molar-refractivity contribution >= 4 is 5.97 Å². The van der Waals surface area contributed by atoms with Crippen molar-refractivity contribution in [1.29, 1.82) is 0 Å². The zero-order valence-electron chi connectivity index (χ0n) is 6.95. The highest BCUT2D eigenvalue weighted by Gasteiger charge is 2.39. The van der Waals surface area contributed by atoms with E-state index in [2.05, 4.69) is 16.1 Å². The lowest BCUT2D eigenvalue weighted by molar-refractivity contribution is -0.134. The largest absolute Gasteiger partial charge is 0.373 e. The van der Waals surface area contributed by atoms with Crippen LogP contribution in [0.25, 0.3) is 0 Å². The van der Waals surface area contributed by atoms with E-state index in [-0.39, 0.29) is 0 Å². The third-order valence-electron chi connectivity index (χ3n) is 1.56. The highest BCUT2D eigenvalue weighted by Crippen LogP contribution is 2.22.